The maximum atomic E-state index is 12.1. The maximum Gasteiger partial charge on any atom is 0.261 e. The lowest BCUT2D eigenvalue weighted by molar-refractivity contribution is 0.601. The molecule has 0 fully saturated rings. The molecule has 0 unspecified atom stereocenters. The van der Waals surface area contributed by atoms with E-state index in [2.05, 4.69) is 4.72 Å². The van der Waals surface area contributed by atoms with Gasteiger partial charge in [-0.25, -0.2) is 8.42 Å². The van der Waals surface area contributed by atoms with Crippen LogP contribution in [0.5, 0.6) is 0 Å². The third-order valence-electron chi connectivity index (χ3n) is 2.51. The topological polar surface area (TPSA) is 96.0 Å². The van der Waals surface area contributed by atoms with Gasteiger partial charge in [0, 0.05) is 5.69 Å². The van der Waals surface area contributed by atoms with Crippen LogP contribution >= 0.6 is 11.6 Å². The Morgan fingerprint density at radius 1 is 1.20 bits per heavy atom. The van der Waals surface area contributed by atoms with Crippen molar-refractivity contribution in [2.24, 2.45) is 0 Å². The number of nitrogens with zero attached hydrogens (tertiary/aromatic N) is 1. The molecule has 0 radical (unpaired) electrons. The Morgan fingerprint density at radius 3 is 2.55 bits per heavy atom. The minimum atomic E-state index is -3.74. The smallest absolute Gasteiger partial charge is 0.261 e. The van der Waals surface area contributed by atoms with Gasteiger partial charge in [0.15, 0.2) is 0 Å². The summed E-state index contributed by atoms with van der Waals surface area (Å²) in [4.78, 5) is 0.0537. The highest BCUT2D eigenvalue weighted by Gasteiger charge is 2.14. The first-order chi connectivity index (χ1) is 9.42. The van der Waals surface area contributed by atoms with Gasteiger partial charge in [0.25, 0.3) is 10.0 Å². The lowest BCUT2D eigenvalue weighted by atomic mass is 10.2. The molecule has 0 aliphatic heterocycles. The van der Waals surface area contributed by atoms with Crippen molar-refractivity contribution in [3.05, 3.63) is 53.1 Å². The number of hydrogen-bond donors (Lipinski definition) is 2. The van der Waals surface area contributed by atoms with Gasteiger partial charge in [-0.3, -0.25) is 4.72 Å². The van der Waals surface area contributed by atoms with E-state index in [1.807, 2.05) is 6.07 Å². The highest BCUT2D eigenvalue weighted by molar-refractivity contribution is 7.92. The average Bonchev–Trinajstić information content (AvgIpc) is 2.38. The maximum absolute atomic E-state index is 12.1. The molecule has 0 aliphatic carbocycles. The molecule has 0 aliphatic rings. The molecule has 102 valence electrons. The van der Waals surface area contributed by atoms with E-state index in [4.69, 9.17) is 22.6 Å². The number of nitrogen functional groups attached to an aromatic ring is 1. The SMILES string of the molecule is N#Cc1ccc(NS(=O)(=O)c2cccc(N)c2)cc1Cl. The van der Waals surface area contributed by atoms with E-state index < -0.39 is 10.0 Å². The predicted octanol–water partition coefficient (Wildman–Crippen LogP) is 2.59. The van der Waals surface area contributed by atoms with Crippen LogP contribution in [-0.4, -0.2) is 8.42 Å². The third-order valence-corrected chi connectivity index (χ3v) is 4.20. The molecule has 3 N–H and O–H groups in total. The van der Waals surface area contributed by atoms with E-state index in [1.54, 1.807) is 12.1 Å². The first-order valence-electron chi connectivity index (χ1n) is 5.50. The van der Waals surface area contributed by atoms with Gasteiger partial charge in [0.05, 0.1) is 21.2 Å². The highest BCUT2D eigenvalue weighted by atomic mass is 35.5. The molecule has 2 aromatic rings. The predicted molar refractivity (Wildman–Crippen MR) is 77.8 cm³/mol. The molecular formula is C13H10ClN3O2S. The largest absolute Gasteiger partial charge is 0.399 e. The van der Waals surface area contributed by atoms with Crippen LogP contribution in [0.3, 0.4) is 0 Å². The van der Waals surface area contributed by atoms with Crippen LogP contribution in [0, 0.1) is 11.3 Å². The number of anilines is 2. The van der Waals surface area contributed by atoms with Crippen molar-refractivity contribution in [2.75, 3.05) is 10.5 Å². The van der Waals surface area contributed by atoms with E-state index >= 15 is 0 Å². The van der Waals surface area contributed by atoms with E-state index in [9.17, 15) is 8.42 Å². The third kappa shape index (κ3) is 3.02. The van der Waals surface area contributed by atoms with Crippen molar-refractivity contribution in [2.45, 2.75) is 4.90 Å². The van der Waals surface area contributed by atoms with E-state index in [0.717, 1.165) is 0 Å². The molecule has 2 aromatic carbocycles. The summed E-state index contributed by atoms with van der Waals surface area (Å²) in [5.74, 6) is 0. The Morgan fingerprint density at radius 2 is 1.95 bits per heavy atom. The monoisotopic (exact) mass is 307 g/mol. The van der Waals surface area contributed by atoms with E-state index in [1.165, 1.54) is 30.3 Å². The molecule has 7 heteroatoms. The first-order valence-corrected chi connectivity index (χ1v) is 7.36. The molecule has 0 atom stereocenters. The van der Waals surface area contributed by atoms with Gasteiger partial charge in [0.2, 0.25) is 0 Å². The minimum absolute atomic E-state index is 0.0537. The summed E-state index contributed by atoms with van der Waals surface area (Å²) < 4.78 is 26.7. The first kappa shape index (κ1) is 14.2. The quantitative estimate of drug-likeness (QED) is 0.852. The normalized spacial score (nSPS) is 10.8. The molecule has 0 bridgehead atoms. The van der Waals surface area contributed by atoms with Crippen LogP contribution in [-0.2, 0) is 10.0 Å². The number of nitrogens with one attached hydrogen (secondary N) is 1. The Labute approximate surface area is 121 Å². The number of hydrogen-bond acceptors (Lipinski definition) is 4. The second-order valence-electron chi connectivity index (χ2n) is 3.98. The summed E-state index contributed by atoms with van der Waals surface area (Å²) in [7, 11) is -3.74. The summed E-state index contributed by atoms with van der Waals surface area (Å²) in [5.41, 5.74) is 6.46. The number of benzene rings is 2. The van der Waals surface area contributed by atoms with Crippen molar-refractivity contribution >= 4 is 33.0 Å². The van der Waals surface area contributed by atoms with Crippen LogP contribution in [0.4, 0.5) is 11.4 Å². The van der Waals surface area contributed by atoms with Crippen molar-refractivity contribution in [1.29, 1.82) is 5.26 Å². The van der Waals surface area contributed by atoms with Gasteiger partial charge in [-0.1, -0.05) is 17.7 Å². The summed E-state index contributed by atoms with van der Waals surface area (Å²) in [6.07, 6.45) is 0. The minimum Gasteiger partial charge on any atom is -0.399 e. The summed E-state index contributed by atoms with van der Waals surface area (Å²) in [5, 5.41) is 8.94. The lowest BCUT2D eigenvalue weighted by Crippen LogP contribution is -2.13. The van der Waals surface area contributed by atoms with Gasteiger partial charge in [-0.15, -0.1) is 0 Å². The lowest BCUT2D eigenvalue weighted by Gasteiger charge is -2.09. The second-order valence-corrected chi connectivity index (χ2v) is 6.07. The van der Waals surface area contributed by atoms with Crippen molar-refractivity contribution in [3.8, 4) is 6.07 Å². The fourth-order valence-electron chi connectivity index (χ4n) is 1.57. The standard InChI is InChI=1S/C13H10ClN3O2S/c14-13-7-11(5-4-9(13)8-15)17-20(18,19)12-3-1-2-10(16)6-12/h1-7,17H,16H2. The fraction of sp³-hybridized carbons (Fsp3) is 0. The number of nitriles is 1. The Kier molecular flexibility index (Phi) is 3.84. The van der Waals surface area contributed by atoms with Crippen molar-refractivity contribution in [3.63, 3.8) is 0 Å². The van der Waals surface area contributed by atoms with E-state index in [0.29, 0.717) is 5.69 Å². The summed E-state index contributed by atoms with van der Waals surface area (Å²) >= 11 is 5.85. The van der Waals surface area contributed by atoms with Crippen LogP contribution in [0.1, 0.15) is 5.56 Å². The van der Waals surface area contributed by atoms with Crippen LogP contribution in [0.15, 0.2) is 47.4 Å². The molecular weight excluding hydrogens is 298 g/mol. The number of rotatable bonds is 3. The number of halogens is 1. The average molecular weight is 308 g/mol. The van der Waals surface area contributed by atoms with E-state index in [-0.39, 0.29) is 21.2 Å². The van der Waals surface area contributed by atoms with Gasteiger partial charge in [0.1, 0.15) is 6.07 Å². The summed E-state index contributed by atoms with van der Waals surface area (Å²) in [6, 6.07) is 12.1. The number of sulfonamides is 1. The Balaban J connectivity index is 2.34. The molecule has 20 heavy (non-hydrogen) atoms. The molecule has 0 saturated heterocycles. The van der Waals surface area contributed by atoms with Crippen LogP contribution in [0.25, 0.3) is 0 Å². The molecule has 0 heterocycles. The molecule has 2 rings (SSSR count). The zero-order chi connectivity index (χ0) is 14.8. The molecule has 0 saturated carbocycles. The van der Waals surface area contributed by atoms with Crippen molar-refractivity contribution < 1.29 is 8.42 Å². The molecule has 0 amide bonds. The molecule has 0 spiro atoms. The zero-order valence-corrected chi connectivity index (χ0v) is 11.7. The van der Waals surface area contributed by atoms with Gasteiger partial charge in [-0.05, 0) is 36.4 Å². The van der Waals surface area contributed by atoms with Crippen molar-refractivity contribution in [1.82, 2.24) is 0 Å². The Bertz CT molecular complexity index is 798. The highest BCUT2D eigenvalue weighted by Crippen LogP contribution is 2.23. The Hall–Kier alpha value is -2.23. The van der Waals surface area contributed by atoms with Gasteiger partial charge < -0.3 is 5.73 Å². The summed E-state index contributed by atoms with van der Waals surface area (Å²) in [6.45, 7) is 0. The molecule has 0 aromatic heterocycles. The van der Waals surface area contributed by atoms with Crippen LogP contribution in [0.2, 0.25) is 5.02 Å². The van der Waals surface area contributed by atoms with Gasteiger partial charge in [-0.2, -0.15) is 5.26 Å². The number of nitrogens with two attached hydrogens (primary N) is 1. The zero-order valence-electron chi connectivity index (χ0n) is 10.2. The molecule has 5 nitrogen and oxygen atoms in total. The fourth-order valence-corrected chi connectivity index (χ4v) is 2.89. The van der Waals surface area contributed by atoms with Gasteiger partial charge >= 0.3 is 0 Å². The van der Waals surface area contributed by atoms with Crippen LogP contribution < -0.4 is 10.5 Å². The second kappa shape index (κ2) is 5.41.